The summed E-state index contributed by atoms with van der Waals surface area (Å²) in [4.78, 5) is 2.06. The van der Waals surface area contributed by atoms with Gasteiger partial charge in [-0.05, 0) is 25.0 Å². The molecular weight excluding hydrogens is 276 g/mol. The second kappa shape index (κ2) is 5.61. The quantitative estimate of drug-likeness (QED) is 0.824. The maximum Gasteiger partial charge on any atom is 0.177 e. The summed E-state index contributed by atoms with van der Waals surface area (Å²) in [5.41, 5.74) is 6.95. The van der Waals surface area contributed by atoms with Gasteiger partial charge in [0, 0.05) is 13.3 Å². The Bertz CT molecular complexity index is 586. The number of aliphatic hydroxyl groups is 1. The maximum atomic E-state index is 11.7. The van der Waals surface area contributed by atoms with Gasteiger partial charge in [0.2, 0.25) is 0 Å². The smallest absolute Gasteiger partial charge is 0.177 e. The molecule has 1 aliphatic carbocycles. The minimum Gasteiger partial charge on any atom is -0.396 e. The molecule has 2 atom stereocenters. The van der Waals surface area contributed by atoms with Crippen molar-refractivity contribution < 1.29 is 13.5 Å². The fourth-order valence-electron chi connectivity index (χ4n) is 2.89. The fourth-order valence-corrected chi connectivity index (χ4v) is 3.72. The van der Waals surface area contributed by atoms with E-state index in [4.69, 9.17) is 5.73 Å². The number of rotatable bonds is 3. The van der Waals surface area contributed by atoms with E-state index < -0.39 is 15.9 Å². The Hall–Kier alpha value is -1.27. The zero-order valence-electron chi connectivity index (χ0n) is 11.9. The molecule has 0 heterocycles. The fraction of sp³-hybridized carbons (Fsp3) is 0.571. The van der Waals surface area contributed by atoms with Crippen LogP contribution in [0.3, 0.4) is 0 Å². The molecule has 5 nitrogen and oxygen atoms in total. The van der Waals surface area contributed by atoms with Crippen molar-refractivity contribution in [2.45, 2.75) is 42.7 Å². The van der Waals surface area contributed by atoms with Gasteiger partial charge in [-0.1, -0.05) is 18.9 Å². The zero-order valence-corrected chi connectivity index (χ0v) is 12.7. The number of nitrogens with zero attached hydrogens (tertiary/aromatic N) is 1. The first-order valence-corrected chi connectivity index (χ1v) is 8.71. The van der Waals surface area contributed by atoms with Crippen molar-refractivity contribution in [1.82, 2.24) is 0 Å². The third-order valence-electron chi connectivity index (χ3n) is 4.01. The first-order valence-electron chi connectivity index (χ1n) is 6.82. The first-order chi connectivity index (χ1) is 9.32. The standard InChI is InChI=1S/C14H22N2O3S/c1-16(10-6-3-4-8-12(10)17)11-7-5-9-13(14(11)15)20(2,18)19/h5,7,9-10,12,17H,3-4,6,8,15H2,1-2H3. The van der Waals surface area contributed by atoms with Crippen LogP contribution in [0.15, 0.2) is 23.1 Å². The molecule has 0 radical (unpaired) electrons. The molecule has 3 N–H and O–H groups in total. The maximum absolute atomic E-state index is 11.7. The molecule has 0 aliphatic heterocycles. The number of anilines is 2. The van der Waals surface area contributed by atoms with Crippen LogP contribution < -0.4 is 10.6 Å². The van der Waals surface area contributed by atoms with Crippen LogP contribution in [0.4, 0.5) is 11.4 Å². The third kappa shape index (κ3) is 2.91. The number of nitrogen functional groups attached to an aromatic ring is 1. The van der Waals surface area contributed by atoms with Crippen molar-refractivity contribution in [3.63, 3.8) is 0 Å². The highest BCUT2D eigenvalue weighted by Crippen LogP contribution is 2.33. The highest BCUT2D eigenvalue weighted by Gasteiger charge is 2.28. The molecule has 2 rings (SSSR count). The molecule has 1 aromatic carbocycles. The molecule has 6 heteroatoms. The van der Waals surface area contributed by atoms with Crippen molar-refractivity contribution >= 4 is 21.2 Å². The van der Waals surface area contributed by atoms with Crippen molar-refractivity contribution in [3.8, 4) is 0 Å². The Balaban J connectivity index is 2.37. The molecule has 112 valence electrons. The average molecular weight is 298 g/mol. The normalized spacial score (nSPS) is 23.6. The van der Waals surface area contributed by atoms with Gasteiger partial charge in [0.1, 0.15) is 0 Å². The lowest BCUT2D eigenvalue weighted by molar-refractivity contribution is 0.106. The second-order valence-corrected chi connectivity index (χ2v) is 7.48. The summed E-state index contributed by atoms with van der Waals surface area (Å²) in [6.45, 7) is 0. The van der Waals surface area contributed by atoms with Gasteiger partial charge in [0.15, 0.2) is 9.84 Å². The van der Waals surface area contributed by atoms with Crippen LogP contribution in [0.1, 0.15) is 25.7 Å². The lowest BCUT2D eigenvalue weighted by atomic mass is 9.91. The molecule has 1 fully saturated rings. The summed E-state index contributed by atoms with van der Waals surface area (Å²) in [6.07, 6.45) is 4.52. The van der Waals surface area contributed by atoms with Gasteiger partial charge in [0.25, 0.3) is 0 Å². The van der Waals surface area contributed by atoms with Crippen molar-refractivity contribution in [1.29, 1.82) is 0 Å². The highest BCUT2D eigenvalue weighted by molar-refractivity contribution is 7.90. The van der Waals surface area contributed by atoms with Gasteiger partial charge >= 0.3 is 0 Å². The van der Waals surface area contributed by atoms with Crippen molar-refractivity contribution in [2.75, 3.05) is 23.9 Å². The number of aliphatic hydroxyl groups excluding tert-OH is 1. The SMILES string of the molecule is CN(c1cccc(S(C)(=O)=O)c1N)C1CCCCC1O. The molecule has 0 saturated heterocycles. The second-order valence-electron chi connectivity index (χ2n) is 5.49. The summed E-state index contributed by atoms with van der Waals surface area (Å²) < 4.78 is 23.4. The van der Waals surface area contributed by atoms with Crippen LogP contribution in [0, 0.1) is 0 Å². The monoisotopic (exact) mass is 298 g/mol. The minimum absolute atomic E-state index is 0.0131. The highest BCUT2D eigenvalue weighted by atomic mass is 32.2. The van der Waals surface area contributed by atoms with Gasteiger partial charge in [0.05, 0.1) is 28.4 Å². The largest absolute Gasteiger partial charge is 0.396 e. The van der Waals surface area contributed by atoms with Gasteiger partial charge in [-0.15, -0.1) is 0 Å². The molecule has 2 unspecified atom stereocenters. The van der Waals surface area contributed by atoms with E-state index in [1.54, 1.807) is 12.1 Å². The molecular formula is C14H22N2O3S. The topological polar surface area (TPSA) is 83.6 Å². The van der Waals surface area contributed by atoms with E-state index >= 15 is 0 Å². The van der Waals surface area contributed by atoms with E-state index in [-0.39, 0.29) is 16.6 Å². The number of hydrogen-bond donors (Lipinski definition) is 2. The molecule has 20 heavy (non-hydrogen) atoms. The van der Waals surface area contributed by atoms with Crippen LogP contribution in [-0.2, 0) is 9.84 Å². The van der Waals surface area contributed by atoms with E-state index in [0.29, 0.717) is 5.69 Å². The summed E-state index contributed by atoms with van der Waals surface area (Å²) in [5, 5.41) is 10.1. The Labute approximate surface area is 120 Å². The van der Waals surface area contributed by atoms with Crippen molar-refractivity contribution in [2.24, 2.45) is 0 Å². The predicted molar refractivity (Wildman–Crippen MR) is 80.6 cm³/mol. The number of para-hydroxylation sites is 1. The number of sulfone groups is 1. The number of nitrogens with two attached hydrogens (primary N) is 1. The lowest BCUT2D eigenvalue weighted by Crippen LogP contribution is -2.43. The third-order valence-corrected chi connectivity index (χ3v) is 5.17. The van der Waals surface area contributed by atoms with E-state index in [1.165, 1.54) is 6.07 Å². The van der Waals surface area contributed by atoms with Gasteiger partial charge in [-0.3, -0.25) is 0 Å². The Morgan fingerprint density at radius 3 is 2.55 bits per heavy atom. The van der Waals surface area contributed by atoms with E-state index in [0.717, 1.165) is 31.9 Å². The molecule has 1 aliphatic rings. The van der Waals surface area contributed by atoms with Gasteiger partial charge in [-0.2, -0.15) is 0 Å². The van der Waals surface area contributed by atoms with Crippen LogP contribution in [-0.4, -0.2) is 39.0 Å². The van der Waals surface area contributed by atoms with Crippen molar-refractivity contribution in [3.05, 3.63) is 18.2 Å². The molecule has 0 spiro atoms. The summed E-state index contributed by atoms with van der Waals surface area (Å²) in [7, 11) is -1.49. The molecule has 0 bridgehead atoms. The molecule has 0 aromatic heterocycles. The van der Waals surface area contributed by atoms with Gasteiger partial charge in [-0.25, -0.2) is 8.42 Å². The Kier molecular flexibility index (Phi) is 4.25. The summed E-state index contributed by atoms with van der Waals surface area (Å²) in [6, 6.07) is 4.99. The average Bonchev–Trinajstić information content (AvgIpc) is 2.37. The molecule has 1 saturated carbocycles. The first kappa shape index (κ1) is 15.1. The molecule has 0 amide bonds. The number of hydrogen-bond acceptors (Lipinski definition) is 5. The Morgan fingerprint density at radius 2 is 1.95 bits per heavy atom. The predicted octanol–water partition coefficient (Wildman–Crippen LogP) is 1.41. The minimum atomic E-state index is -3.35. The van der Waals surface area contributed by atoms with Crippen LogP contribution in [0.2, 0.25) is 0 Å². The number of likely N-dealkylation sites (N-methyl/N-ethyl adjacent to an activating group) is 1. The number of benzene rings is 1. The van der Waals surface area contributed by atoms with E-state index in [9.17, 15) is 13.5 Å². The summed E-state index contributed by atoms with van der Waals surface area (Å²) in [5.74, 6) is 0. The van der Waals surface area contributed by atoms with Gasteiger partial charge < -0.3 is 15.7 Å². The van der Waals surface area contributed by atoms with Crippen LogP contribution in [0.5, 0.6) is 0 Å². The summed E-state index contributed by atoms with van der Waals surface area (Å²) >= 11 is 0. The van der Waals surface area contributed by atoms with E-state index in [2.05, 4.69) is 0 Å². The zero-order chi connectivity index (χ0) is 14.9. The van der Waals surface area contributed by atoms with Crippen LogP contribution >= 0.6 is 0 Å². The van der Waals surface area contributed by atoms with Crippen LogP contribution in [0.25, 0.3) is 0 Å². The van der Waals surface area contributed by atoms with E-state index in [1.807, 2.05) is 11.9 Å². The molecule has 1 aromatic rings. The lowest BCUT2D eigenvalue weighted by Gasteiger charge is -2.37. The Morgan fingerprint density at radius 1 is 1.30 bits per heavy atom.